The SMILES string of the molecule is O=S(=O)(O)c1ccc(CCCCCCCCCl)cc1.[Na]. The van der Waals surface area contributed by atoms with Gasteiger partial charge >= 0.3 is 0 Å². The fourth-order valence-corrected chi connectivity index (χ4v) is 2.63. The number of halogens is 1. The first kappa shape index (κ1) is 20.4. The van der Waals surface area contributed by atoms with Crippen molar-refractivity contribution >= 4 is 51.3 Å². The van der Waals surface area contributed by atoms with Crippen molar-refractivity contribution in [1.29, 1.82) is 0 Å². The third-order valence-electron chi connectivity index (χ3n) is 3.07. The Bertz CT molecular complexity index is 460. The quantitative estimate of drug-likeness (QED) is 0.326. The summed E-state index contributed by atoms with van der Waals surface area (Å²) in [7, 11) is -4.07. The topological polar surface area (TPSA) is 54.4 Å². The van der Waals surface area contributed by atoms with Gasteiger partial charge < -0.3 is 0 Å². The fraction of sp³-hybridized carbons (Fsp3) is 0.571. The Morgan fingerprint density at radius 3 is 1.90 bits per heavy atom. The molecule has 109 valence electrons. The molecule has 6 heteroatoms. The number of rotatable bonds is 9. The van der Waals surface area contributed by atoms with Gasteiger partial charge in [-0.1, -0.05) is 37.8 Å². The van der Waals surface area contributed by atoms with Crippen LogP contribution in [0.3, 0.4) is 0 Å². The number of alkyl halides is 1. The van der Waals surface area contributed by atoms with Gasteiger partial charge in [0.1, 0.15) is 0 Å². The van der Waals surface area contributed by atoms with E-state index in [1.807, 2.05) is 0 Å². The zero-order valence-corrected chi connectivity index (χ0v) is 15.6. The summed E-state index contributed by atoms with van der Waals surface area (Å²) in [5.41, 5.74) is 1.10. The van der Waals surface area contributed by atoms with Crippen molar-refractivity contribution in [2.24, 2.45) is 0 Å². The van der Waals surface area contributed by atoms with Crippen LogP contribution in [0.1, 0.15) is 44.1 Å². The van der Waals surface area contributed by atoms with Crippen molar-refractivity contribution in [3.05, 3.63) is 29.8 Å². The van der Waals surface area contributed by atoms with Crippen LogP contribution in [0.5, 0.6) is 0 Å². The molecule has 20 heavy (non-hydrogen) atoms. The molecule has 3 nitrogen and oxygen atoms in total. The summed E-state index contributed by atoms with van der Waals surface area (Å²) in [6.07, 6.45) is 7.98. The molecule has 0 aliphatic rings. The van der Waals surface area contributed by atoms with E-state index in [-0.39, 0.29) is 34.5 Å². The molecule has 0 heterocycles. The standard InChI is InChI=1S/C14H21ClO3S.Na/c15-12-6-4-2-1-3-5-7-13-8-10-14(11-9-13)19(16,17)18;/h8-11H,1-7,12H2,(H,16,17,18);. The van der Waals surface area contributed by atoms with E-state index in [0.717, 1.165) is 30.7 Å². The number of aryl methyl sites for hydroxylation is 1. The smallest absolute Gasteiger partial charge is 0.282 e. The van der Waals surface area contributed by atoms with Gasteiger partial charge in [-0.05, 0) is 37.0 Å². The molecular weight excluding hydrogens is 307 g/mol. The van der Waals surface area contributed by atoms with Gasteiger partial charge in [-0.15, -0.1) is 11.6 Å². The van der Waals surface area contributed by atoms with Crippen molar-refractivity contribution in [2.45, 2.75) is 49.8 Å². The second-order valence-corrected chi connectivity index (χ2v) is 6.48. The van der Waals surface area contributed by atoms with Crippen LogP contribution in [0.2, 0.25) is 0 Å². The molecule has 0 atom stereocenters. The van der Waals surface area contributed by atoms with Gasteiger partial charge in [-0.3, -0.25) is 4.55 Å². The Morgan fingerprint density at radius 2 is 1.40 bits per heavy atom. The molecule has 1 aromatic carbocycles. The van der Waals surface area contributed by atoms with E-state index in [1.165, 1.54) is 37.8 Å². The van der Waals surface area contributed by atoms with E-state index < -0.39 is 10.1 Å². The van der Waals surface area contributed by atoms with E-state index in [9.17, 15) is 8.42 Å². The minimum absolute atomic E-state index is 0. The molecule has 0 fully saturated rings. The summed E-state index contributed by atoms with van der Waals surface area (Å²) in [5, 5.41) is 0. The summed E-state index contributed by atoms with van der Waals surface area (Å²) in [4.78, 5) is -0.0441. The first-order valence-electron chi connectivity index (χ1n) is 6.66. The molecule has 0 saturated carbocycles. The van der Waals surface area contributed by atoms with Crippen molar-refractivity contribution in [1.82, 2.24) is 0 Å². The maximum atomic E-state index is 10.9. The Morgan fingerprint density at radius 1 is 0.900 bits per heavy atom. The van der Waals surface area contributed by atoms with Crippen LogP contribution in [0.15, 0.2) is 29.2 Å². The average molecular weight is 328 g/mol. The maximum Gasteiger partial charge on any atom is 0.294 e. The minimum Gasteiger partial charge on any atom is -0.282 e. The van der Waals surface area contributed by atoms with Crippen LogP contribution in [-0.2, 0) is 16.5 Å². The summed E-state index contributed by atoms with van der Waals surface area (Å²) >= 11 is 5.61. The van der Waals surface area contributed by atoms with Crippen LogP contribution >= 0.6 is 11.6 Å². The van der Waals surface area contributed by atoms with Gasteiger partial charge in [-0.2, -0.15) is 8.42 Å². The molecule has 0 unspecified atom stereocenters. The van der Waals surface area contributed by atoms with Crippen molar-refractivity contribution in [3.63, 3.8) is 0 Å². The van der Waals surface area contributed by atoms with E-state index in [2.05, 4.69) is 0 Å². The van der Waals surface area contributed by atoms with Crippen molar-refractivity contribution < 1.29 is 13.0 Å². The van der Waals surface area contributed by atoms with Gasteiger partial charge in [-0.25, -0.2) is 0 Å². The molecular formula is C14H21ClNaO3S. The molecule has 0 amide bonds. The average Bonchev–Trinajstić information content (AvgIpc) is 2.37. The molecule has 0 saturated heterocycles. The summed E-state index contributed by atoms with van der Waals surface area (Å²) < 4.78 is 30.6. The van der Waals surface area contributed by atoms with Gasteiger partial charge in [0.15, 0.2) is 0 Å². The fourth-order valence-electron chi connectivity index (χ4n) is 1.96. The third-order valence-corrected chi connectivity index (χ3v) is 4.21. The number of hydrogen-bond donors (Lipinski definition) is 1. The summed E-state index contributed by atoms with van der Waals surface area (Å²) in [5.74, 6) is 0.750. The second-order valence-electron chi connectivity index (χ2n) is 4.68. The van der Waals surface area contributed by atoms with Crippen molar-refractivity contribution in [2.75, 3.05) is 5.88 Å². The molecule has 1 rings (SSSR count). The predicted molar refractivity (Wildman–Crippen MR) is 84.1 cm³/mol. The summed E-state index contributed by atoms with van der Waals surface area (Å²) in [6, 6.07) is 6.42. The van der Waals surface area contributed by atoms with E-state index in [4.69, 9.17) is 16.2 Å². The van der Waals surface area contributed by atoms with Crippen LogP contribution < -0.4 is 0 Å². The molecule has 0 aliphatic heterocycles. The largest absolute Gasteiger partial charge is 0.294 e. The van der Waals surface area contributed by atoms with Crippen LogP contribution in [-0.4, -0.2) is 48.4 Å². The Labute approximate surface area is 149 Å². The molecule has 0 bridgehead atoms. The Hall–Kier alpha value is 0.420. The first-order chi connectivity index (χ1) is 9.04. The zero-order chi connectivity index (χ0) is 14.1. The van der Waals surface area contributed by atoms with Gasteiger partial charge in [0.25, 0.3) is 10.1 Å². The normalized spacial score (nSPS) is 11.1. The Kier molecular flexibility index (Phi) is 11.3. The van der Waals surface area contributed by atoms with Gasteiger partial charge in [0, 0.05) is 35.4 Å². The van der Waals surface area contributed by atoms with Gasteiger partial charge in [0.05, 0.1) is 4.90 Å². The minimum atomic E-state index is -4.07. The Balaban J connectivity index is 0.00000361. The predicted octanol–water partition coefficient (Wildman–Crippen LogP) is 3.67. The molecule has 1 aromatic rings. The molecule has 0 aromatic heterocycles. The maximum absolute atomic E-state index is 10.9. The van der Waals surface area contributed by atoms with E-state index in [0.29, 0.717) is 0 Å². The molecule has 1 radical (unpaired) electrons. The number of benzene rings is 1. The van der Waals surface area contributed by atoms with Crippen LogP contribution in [0, 0.1) is 0 Å². The van der Waals surface area contributed by atoms with Crippen LogP contribution in [0.25, 0.3) is 0 Å². The monoisotopic (exact) mass is 327 g/mol. The van der Waals surface area contributed by atoms with Crippen molar-refractivity contribution in [3.8, 4) is 0 Å². The number of hydrogen-bond acceptors (Lipinski definition) is 2. The first-order valence-corrected chi connectivity index (χ1v) is 8.64. The third kappa shape index (κ3) is 8.65. The van der Waals surface area contributed by atoms with Crippen LogP contribution in [0.4, 0.5) is 0 Å². The zero-order valence-electron chi connectivity index (χ0n) is 12.0. The molecule has 0 aliphatic carbocycles. The molecule has 1 N–H and O–H groups in total. The van der Waals surface area contributed by atoms with E-state index in [1.54, 1.807) is 12.1 Å². The number of unbranched alkanes of at least 4 members (excludes halogenated alkanes) is 5. The van der Waals surface area contributed by atoms with Gasteiger partial charge in [0.2, 0.25) is 0 Å². The molecule has 0 spiro atoms. The summed E-state index contributed by atoms with van der Waals surface area (Å²) in [6.45, 7) is 0. The van der Waals surface area contributed by atoms with E-state index >= 15 is 0 Å². The second kappa shape index (κ2) is 11.0.